The van der Waals surface area contributed by atoms with Crippen LogP contribution in [0.4, 0.5) is 0 Å². The molecular weight excluding hydrogens is 360 g/mol. The minimum absolute atomic E-state index is 0.104. The fourth-order valence-electron chi connectivity index (χ4n) is 3.75. The lowest BCUT2D eigenvalue weighted by molar-refractivity contribution is -0.143. The maximum atomic E-state index is 12.5. The summed E-state index contributed by atoms with van der Waals surface area (Å²) in [5.74, 6) is -0.0369. The molecule has 28 heavy (non-hydrogen) atoms. The highest BCUT2D eigenvalue weighted by Crippen LogP contribution is 2.23. The summed E-state index contributed by atoms with van der Waals surface area (Å²) in [6, 6.07) is 5.20. The third kappa shape index (κ3) is 5.73. The van der Waals surface area contributed by atoms with Crippen molar-refractivity contribution in [3.8, 4) is 0 Å². The molecule has 2 aliphatic rings. The second-order valence-electron chi connectivity index (χ2n) is 7.62. The van der Waals surface area contributed by atoms with Crippen molar-refractivity contribution in [2.75, 3.05) is 39.8 Å². The van der Waals surface area contributed by atoms with E-state index in [4.69, 9.17) is 4.74 Å². The predicted molar refractivity (Wildman–Crippen MR) is 104 cm³/mol. The number of aromatic nitrogens is 1. The molecule has 8 heteroatoms. The van der Waals surface area contributed by atoms with Crippen LogP contribution in [0.2, 0.25) is 0 Å². The molecule has 2 fully saturated rings. The zero-order chi connectivity index (χ0) is 19.9. The monoisotopic (exact) mass is 390 g/mol. The third-order valence-electron chi connectivity index (χ3n) is 5.47. The number of likely N-dealkylation sites (N-methyl/N-ethyl adjacent to an activating group) is 1. The standard InChI is InChI=1S/C20H30N4O4/c1-23-8-10-24(11-9-23)20(27)13-16-5-6-17(18(14-25)28-16)22-19(26)12-15-4-2-3-7-21-15/h2-4,7,16-18,25H,5-6,8-14H2,1H3,(H,22,26)/t16-,17-,18-/m1/s1. The normalized spacial score (nSPS) is 26.1. The summed E-state index contributed by atoms with van der Waals surface area (Å²) in [7, 11) is 2.06. The summed E-state index contributed by atoms with van der Waals surface area (Å²) in [6.07, 6.45) is 2.84. The van der Waals surface area contributed by atoms with Crippen LogP contribution in [-0.4, -0.2) is 89.8 Å². The maximum Gasteiger partial charge on any atom is 0.226 e. The smallest absolute Gasteiger partial charge is 0.226 e. The van der Waals surface area contributed by atoms with Gasteiger partial charge in [-0.1, -0.05) is 6.07 Å². The molecule has 1 aromatic heterocycles. The SMILES string of the molecule is CN1CCN(C(=O)C[C@H]2CC[C@@H](NC(=O)Cc3ccccn3)[C@@H](CO)O2)CC1. The molecule has 8 nitrogen and oxygen atoms in total. The molecule has 2 saturated heterocycles. The van der Waals surface area contributed by atoms with E-state index in [-0.39, 0.29) is 37.0 Å². The van der Waals surface area contributed by atoms with E-state index in [1.54, 1.807) is 12.3 Å². The molecule has 0 aliphatic carbocycles. The van der Waals surface area contributed by atoms with Crippen molar-refractivity contribution in [3.63, 3.8) is 0 Å². The summed E-state index contributed by atoms with van der Waals surface area (Å²) in [4.78, 5) is 33.1. The van der Waals surface area contributed by atoms with Crippen LogP contribution in [0, 0.1) is 0 Å². The van der Waals surface area contributed by atoms with Crippen LogP contribution in [0.1, 0.15) is 25.0 Å². The van der Waals surface area contributed by atoms with Crippen LogP contribution < -0.4 is 5.32 Å². The average Bonchev–Trinajstić information content (AvgIpc) is 2.70. The number of hydrogen-bond donors (Lipinski definition) is 2. The number of carbonyl (C=O) groups is 2. The molecule has 3 rings (SSSR count). The first-order valence-electron chi connectivity index (χ1n) is 9.97. The van der Waals surface area contributed by atoms with Gasteiger partial charge in [0.25, 0.3) is 0 Å². The quantitative estimate of drug-likeness (QED) is 0.699. The van der Waals surface area contributed by atoms with Gasteiger partial charge in [-0.25, -0.2) is 0 Å². The summed E-state index contributed by atoms with van der Waals surface area (Å²) in [5.41, 5.74) is 0.702. The van der Waals surface area contributed by atoms with E-state index < -0.39 is 6.10 Å². The van der Waals surface area contributed by atoms with E-state index in [0.29, 0.717) is 25.0 Å². The molecule has 0 bridgehead atoms. The van der Waals surface area contributed by atoms with E-state index in [0.717, 1.165) is 26.2 Å². The van der Waals surface area contributed by atoms with Crippen molar-refractivity contribution >= 4 is 11.8 Å². The van der Waals surface area contributed by atoms with Gasteiger partial charge in [0.15, 0.2) is 0 Å². The number of ether oxygens (including phenoxy) is 1. The molecule has 0 unspecified atom stereocenters. The minimum Gasteiger partial charge on any atom is -0.394 e. The summed E-state index contributed by atoms with van der Waals surface area (Å²) < 4.78 is 5.94. The van der Waals surface area contributed by atoms with E-state index in [9.17, 15) is 14.7 Å². The Hall–Kier alpha value is -2.03. The van der Waals surface area contributed by atoms with Gasteiger partial charge >= 0.3 is 0 Å². The number of aliphatic hydroxyl groups excluding tert-OH is 1. The van der Waals surface area contributed by atoms with Crippen LogP contribution in [0.15, 0.2) is 24.4 Å². The van der Waals surface area contributed by atoms with Crippen molar-refractivity contribution in [1.29, 1.82) is 0 Å². The van der Waals surface area contributed by atoms with Crippen molar-refractivity contribution in [2.45, 2.75) is 43.9 Å². The summed E-state index contributed by atoms with van der Waals surface area (Å²) in [6.45, 7) is 3.09. The molecule has 2 amide bonds. The molecule has 3 atom stereocenters. The Morgan fingerprint density at radius 3 is 2.71 bits per heavy atom. The number of pyridine rings is 1. The van der Waals surface area contributed by atoms with Crippen LogP contribution >= 0.6 is 0 Å². The molecule has 2 N–H and O–H groups in total. The number of nitrogens with zero attached hydrogens (tertiary/aromatic N) is 3. The van der Waals surface area contributed by atoms with Crippen molar-refractivity contribution in [2.24, 2.45) is 0 Å². The number of amides is 2. The van der Waals surface area contributed by atoms with Gasteiger partial charge in [-0.3, -0.25) is 14.6 Å². The number of piperazine rings is 1. The van der Waals surface area contributed by atoms with Gasteiger partial charge in [0.2, 0.25) is 11.8 Å². The second kappa shape index (κ2) is 9.95. The highest BCUT2D eigenvalue weighted by Gasteiger charge is 2.33. The molecule has 3 heterocycles. The second-order valence-corrected chi connectivity index (χ2v) is 7.62. The van der Waals surface area contributed by atoms with Gasteiger partial charge < -0.3 is 25.0 Å². The van der Waals surface area contributed by atoms with E-state index in [1.165, 1.54) is 0 Å². The Morgan fingerprint density at radius 1 is 1.25 bits per heavy atom. The van der Waals surface area contributed by atoms with E-state index in [1.807, 2.05) is 17.0 Å². The fraction of sp³-hybridized carbons (Fsp3) is 0.650. The van der Waals surface area contributed by atoms with Crippen LogP contribution in [-0.2, 0) is 20.7 Å². The maximum absolute atomic E-state index is 12.5. The lowest BCUT2D eigenvalue weighted by Gasteiger charge is -2.37. The molecule has 0 saturated carbocycles. The minimum atomic E-state index is -0.494. The zero-order valence-electron chi connectivity index (χ0n) is 16.4. The zero-order valence-corrected chi connectivity index (χ0v) is 16.4. The van der Waals surface area contributed by atoms with E-state index in [2.05, 4.69) is 22.2 Å². The number of carbonyl (C=O) groups excluding carboxylic acids is 2. The summed E-state index contributed by atoms with van der Waals surface area (Å²) in [5, 5.41) is 12.7. The Labute approximate surface area is 165 Å². The van der Waals surface area contributed by atoms with Crippen molar-refractivity contribution < 1.29 is 19.4 Å². The molecule has 1 aromatic rings. The van der Waals surface area contributed by atoms with Gasteiger partial charge in [0.05, 0.1) is 31.6 Å². The summed E-state index contributed by atoms with van der Waals surface area (Å²) >= 11 is 0. The van der Waals surface area contributed by atoms with E-state index >= 15 is 0 Å². The molecule has 2 aliphatic heterocycles. The Balaban J connectivity index is 1.46. The largest absolute Gasteiger partial charge is 0.394 e. The highest BCUT2D eigenvalue weighted by molar-refractivity contribution is 5.78. The van der Waals surface area contributed by atoms with Gasteiger partial charge in [-0.15, -0.1) is 0 Å². The first kappa shape index (κ1) is 20.7. The highest BCUT2D eigenvalue weighted by atomic mass is 16.5. The number of hydrogen-bond acceptors (Lipinski definition) is 6. The molecule has 0 aromatic carbocycles. The topological polar surface area (TPSA) is 95.0 Å². The van der Waals surface area contributed by atoms with Crippen molar-refractivity contribution in [3.05, 3.63) is 30.1 Å². The Morgan fingerprint density at radius 2 is 2.04 bits per heavy atom. The molecule has 0 spiro atoms. The third-order valence-corrected chi connectivity index (χ3v) is 5.47. The number of nitrogens with one attached hydrogen (secondary N) is 1. The first-order valence-corrected chi connectivity index (χ1v) is 9.97. The number of rotatable bonds is 6. The lowest BCUT2D eigenvalue weighted by Crippen LogP contribution is -2.52. The molecule has 0 radical (unpaired) electrons. The van der Waals surface area contributed by atoms with Gasteiger partial charge in [0.1, 0.15) is 6.10 Å². The predicted octanol–water partition coefficient (Wildman–Crippen LogP) is -0.187. The molecule has 154 valence electrons. The van der Waals surface area contributed by atoms with Gasteiger partial charge in [-0.2, -0.15) is 0 Å². The van der Waals surface area contributed by atoms with Gasteiger partial charge in [-0.05, 0) is 32.0 Å². The van der Waals surface area contributed by atoms with Crippen LogP contribution in [0.5, 0.6) is 0 Å². The first-order chi connectivity index (χ1) is 13.5. The number of aliphatic hydroxyl groups is 1. The van der Waals surface area contributed by atoms with Crippen LogP contribution in [0.25, 0.3) is 0 Å². The lowest BCUT2D eigenvalue weighted by atomic mass is 9.96. The Bertz CT molecular complexity index is 649. The van der Waals surface area contributed by atoms with Gasteiger partial charge in [0, 0.05) is 38.1 Å². The Kier molecular flexibility index (Phi) is 7.36. The fourth-order valence-corrected chi connectivity index (χ4v) is 3.75. The molecular formula is C20H30N4O4. The van der Waals surface area contributed by atoms with Crippen molar-refractivity contribution in [1.82, 2.24) is 20.1 Å². The van der Waals surface area contributed by atoms with Crippen LogP contribution in [0.3, 0.4) is 0 Å². The average molecular weight is 390 g/mol.